The van der Waals surface area contributed by atoms with Crippen molar-refractivity contribution in [1.82, 2.24) is 25.6 Å². The van der Waals surface area contributed by atoms with Crippen LogP contribution in [0.2, 0.25) is 0 Å². The number of hydrogen-bond acceptors (Lipinski definition) is 7. The van der Waals surface area contributed by atoms with E-state index in [1.807, 2.05) is 43.3 Å². The molecular formula is C28H28FN7O. The van der Waals surface area contributed by atoms with Crippen molar-refractivity contribution in [3.63, 3.8) is 0 Å². The second-order valence-electron chi connectivity index (χ2n) is 8.92. The van der Waals surface area contributed by atoms with Gasteiger partial charge in [-0.25, -0.2) is 14.4 Å². The van der Waals surface area contributed by atoms with Crippen molar-refractivity contribution in [1.29, 1.82) is 0 Å². The van der Waals surface area contributed by atoms with Crippen molar-refractivity contribution in [3.05, 3.63) is 90.4 Å². The lowest BCUT2D eigenvalue weighted by Crippen LogP contribution is -2.32. The average molecular weight is 498 g/mol. The molecule has 188 valence electrons. The second-order valence-corrected chi connectivity index (χ2v) is 8.92. The van der Waals surface area contributed by atoms with Gasteiger partial charge in [-0.05, 0) is 67.9 Å². The molecule has 2 aromatic heterocycles. The summed E-state index contributed by atoms with van der Waals surface area (Å²) in [7, 11) is 0. The van der Waals surface area contributed by atoms with E-state index in [4.69, 9.17) is 0 Å². The van der Waals surface area contributed by atoms with Gasteiger partial charge in [0.2, 0.25) is 12.4 Å². The molecule has 1 amide bonds. The van der Waals surface area contributed by atoms with Gasteiger partial charge in [0.25, 0.3) is 0 Å². The lowest BCUT2D eigenvalue weighted by atomic mass is 10.1. The third kappa shape index (κ3) is 5.79. The van der Waals surface area contributed by atoms with Crippen LogP contribution in [0.3, 0.4) is 0 Å². The van der Waals surface area contributed by atoms with Crippen LogP contribution in [0.5, 0.6) is 0 Å². The minimum Gasteiger partial charge on any atom is -0.324 e. The minimum atomic E-state index is -1.26. The SMILES string of the molecule is Cc1ccc(N(C=O)c2ccc(C(F)NC3CCNC3)cc2)cc1Nc1nccc(-c2cccnc2)n1. The van der Waals surface area contributed by atoms with E-state index in [2.05, 4.69) is 30.9 Å². The second kappa shape index (κ2) is 11.2. The summed E-state index contributed by atoms with van der Waals surface area (Å²) < 4.78 is 14.7. The predicted molar refractivity (Wildman–Crippen MR) is 143 cm³/mol. The first-order valence-corrected chi connectivity index (χ1v) is 12.2. The average Bonchev–Trinajstić information content (AvgIpc) is 3.45. The maximum atomic E-state index is 14.7. The Hall–Kier alpha value is -4.21. The van der Waals surface area contributed by atoms with Crippen molar-refractivity contribution in [2.45, 2.75) is 25.7 Å². The van der Waals surface area contributed by atoms with Crippen LogP contribution < -0.4 is 20.9 Å². The zero-order valence-corrected chi connectivity index (χ0v) is 20.4. The van der Waals surface area contributed by atoms with Crippen molar-refractivity contribution >= 4 is 29.4 Å². The van der Waals surface area contributed by atoms with Crippen molar-refractivity contribution in [3.8, 4) is 11.3 Å². The van der Waals surface area contributed by atoms with Crippen LogP contribution in [-0.4, -0.2) is 40.5 Å². The van der Waals surface area contributed by atoms with Gasteiger partial charge < -0.3 is 10.6 Å². The number of amides is 1. The Labute approximate surface area is 215 Å². The van der Waals surface area contributed by atoms with E-state index in [9.17, 15) is 9.18 Å². The van der Waals surface area contributed by atoms with E-state index in [1.54, 1.807) is 42.9 Å². The monoisotopic (exact) mass is 497 g/mol. The third-order valence-corrected chi connectivity index (χ3v) is 6.37. The molecule has 2 unspecified atom stereocenters. The van der Waals surface area contributed by atoms with Crippen LogP contribution in [0.15, 0.2) is 79.3 Å². The van der Waals surface area contributed by atoms with Crippen LogP contribution in [0.4, 0.5) is 27.4 Å². The van der Waals surface area contributed by atoms with Gasteiger partial charge in [0, 0.05) is 53.7 Å². The van der Waals surface area contributed by atoms with E-state index >= 15 is 0 Å². The Morgan fingerprint density at radius 2 is 1.95 bits per heavy atom. The number of aryl methyl sites for hydroxylation is 1. The predicted octanol–water partition coefficient (Wildman–Crippen LogP) is 4.80. The third-order valence-electron chi connectivity index (χ3n) is 6.37. The summed E-state index contributed by atoms with van der Waals surface area (Å²) in [6.07, 6.45) is 5.54. The topological polar surface area (TPSA) is 95.1 Å². The highest BCUT2D eigenvalue weighted by Gasteiger charge is 2.20. The number of pyridine rings is 1. The fourth-order valence-electron chi connectivity index (χ4n) is 4.28. The molecule has 0 aliphatic carbocycles. The number of hydrogen-bond donors (Lipinski definition) is 3. The Morgan fingerprint density at radius 3 is 2.68 bits per heavy atom. The maximum Gasteiger partial charge on any atom is 0.227 e. The number of halogens is 1. The molecule has 1 aliphatic rings. The number of carbonyl (C=O) groups excluding carboxylic acids is 1. The highest BCUT2D eigenvalue weighted by Crippen LogP contribution is 2.31. The molecule has 1 fully saturated rings. The summed E-state index contributed by atoms with van der Waals surface area (Å²) in [6, 6.07) is 18.3. The molecule has 1 saturated heterocycles. The van der Waals surface area contributed by atoms with Gasteiger partial charge in [-0.2, -0.15) is 0 Å². The molecule has 9 heteroatoms. The Morgan fingerprint density at radius 1 is 1.11 bits per heavy atom. The van der Waals surface area contributed by atoms with Gasteiger partial charge in [0.05, 0.1) is 11.4 Å². The molecule has 0 saturated carbocycles. The van der Waals surface area contributed by atoms with Gasteiger partial charge in [-0.15, -0.1) is 0 Å². The Balaban J connectivity index is 1.34. The number of rotatable bonds is 9. The lowest BCUT2D eigenvalue weighted by Gasteiger charge is -2.21. The largest absolute Gasteiger partial charge is 0.324 e. The van der Waals surface area contributed by atoms with Gasteiger partial charge in [0.1, 0.15) is 0 Å². The summed E-state index contributed by atoms with van der Waals surface area (Å²) in [5, 5.41) is 9.49. The zero-order chi connectivity index (χ0) is 25.6. The molecule has 3 heterocycles. The van der Waals surface area contributed by atoms with E-state index in [1.165, 1.54) is 4.90 Å². The summed E-state index contributed by atoms with van der Waals surface area (Å²) in [5.41, 5.74) is 5.19. The van der Waals surface area contributed by atoms with Crippen LogP contribution in [-0.2, 0) is 4.79 Å². The maximum absolute atomic E-state index is 14.7. The van der Waals surface area contributed by atoms with Gasteiger partial charge in [-0.3, -0.25) is 20.0 Å². The van der Waals surface area contributed by atoms with Crippen LogP contribution in [0, 0.1) is 6.92 Å². The number of carbonyl (C=O) groups is 1. The number of nitrogens with zero attached hydrogens (tertiary/aromatic N) is 4. The Bertz CT molecular complexity index is 1340. The first-order valence-electron chi connectivity index (χ1n) is 12.2. The molecule has 0 bridgehead atoms. The molecule has 0 radical (unpaired) electrons. The molecule has 0 spiro atoms. The van der Waals surface area contributed by atoms with E-state index in [-0.39, 0.29) is 6.04 Å². The van der Waals surface area contributed by atoms with Gasteiger partial charge >= 0.3 is 0 Å². The van der Waals surface area contributed by atoms with Crippen molar-refractivity contribution in [2.24, 2.45) is 0 Å². The van der Waals surface area contributed by atoms with Crippen molar-refractivity contribution < 1.29 is 9.18 Å². The first-order chi connectivity index (χ1) is 18.1. The number of alkyl halides is 1. The fraction of sp³-hybridized carbons (Fsp3) is 0.214. The van der Waals surface area contributed by atoms with E-state index in [0.717, 1.165) is 48.4 Å². The van der Waals surface area contributed by atoms with Crippen molar-refractivity contribution in [2.75, 3.05) is 23.3 Å². The number of anilines is 4. The molecule has 1 aliphatic heterocycles. The number of benzene rings is 2. The molecule has 5 rings (SSSR count). The number of nitrogens with one attached hydrogen (secondary N) is 3. The quantitative estimate of drug-likeness (QED) is 0.226. The first kappa shape index (κ1) is 24.5. The molecule has 2 aromatic carbocycles. The van der Waals surface area contributed by atoms with Gasteiger partial charge in [-0.1, -0.05) is 18.2 Å². The summed E-state index contributed by atoms with van der Waals surface area (Å²) in [4.78, 5) is 26.7. The summed E-state index contributed by atoms with van der Waals surface area (Å²) in [5.74, 6) is 0.433. The lowest BCUT2D eigenvalue weighted by molar-refractivity contribution is -0.106. The normalized spacial score (nSPS) is 15.8. The molecule has 2 atom stereocenters. The van der Waals surface area contributed by atoms with Crippen LogP contribution in [0.25, 0.3) is 11.3 Å². The highest BCUT2D eigenvalue weighted by molar-refractivity contribution is 5.88. The Kier molecular flexibility index (Phi) is 7.43. The van der Waals surface area contributed by atoms with Crippen LogP contribution >= 0.6 is 0 Å². The molecule has 37 heavy (non-hydrogen) atoms. The standard InChI is InChI=1S/C28H28FN7O/c1-19-4-7-24(15-26(19)35-28-32-14-11-25(34-28)21-3-2-12-30-16-21)36(18-37)23-8-5-20(6-9-23)27(29)33-22-10-13-31-17-22/h2-9,11-12,14-16,18,22,27,31,33H,10,13,17H2,1H3,(H,32,34,35). The van der Waals surface area contributed by atoms with Gasteiger partial charge in [0.15, 0.2) is 6.30 Å². The molecule has 8 nitrogen and oxygen atoms in total. The number of aromatic nitrogens is 3. The molecular weight excluding hydrogens is 469 g/mol. The molecule has 4 aromatic rings. The van der Waals surface area contributed by atoms with E-state index in [0.29, 0.717) is 22.9 Å². The summed E-state index contributed by atoms with van der Waals surface area (Å²) >= 11 is 0. The van der Waals surface area contributed by atoms with E-state index < -0.39 is 6.30 Å². The fourth-order valence-corrected chi connectivity index (χ4v) is 4.28. The minimum absolute atomic E-state index is 0.119. The summed E-state index contributed by atoms with van der Waals surface area (Å²) in [6.45, 7) is 3.62. The smallest absolute Gasteiger partial charge is 0.227 e. The molecule has 3 N–H and O–H groups in total. The zero-order valence-electron chi connectivity index (χ0n) is 20.4. The highest BCUT2D eigenvalue weighted by atomic mass is 19.1. The van der Waals surface area contributed by atoms with Crippen LogP contribution in [0.1, 0.15) is 23.8 Å².